The van der Waals surface area contributed by atoms with E-state index in [2.05, 4.69) is 5.32 Å². The molecule has 2 atom stereocenters. The summed E-state index contributed by atoms with van der Waals surface area (Å²) in [6, 6.07) is 18.2. The van der Waals surface area contributed by atoms with E-state index in [1.54, 1.807) is 24.3 Å². The number of hydrogen-bond acceptors (Lipinski definition) is 4. The highest BCUT2D eigenvalue weighted by Crippen LogP contribution is 2.32. The number of carbonyl (C=O) groups is 3. The van der Waals surface area contributed by atoms with Crippen molar-refractivity contribution in [2.75, 3.05) is 26.2 Å². The van der Waals surface area contributed by atoms with Gasteiger partial charge in [0.1, 0.15) is 5.75 Å². The summed E-state index contributed by atoms with van der Waals surface area (Å²) in [4.78, 5) is 37.4. The Morgan fingerprint density at radius 1 is 1.00 bits per heavy atom. The molecule has 28 heavy (non-hydrogen) atoms. The molecule has 2 N–H and O–H groups in total. The summed E-state index contributed by atoms with van der Waals surface area (Å²) in [6.07, 6.45) is 0. The van der Waals surface area contributed by atoms with E-state index >= 15 is 0 Å². The van der Waals surface area contributed by atoms with Crippen molar-refractivity contribution in [3.8, 4) is 5.75 Å². The number of rotatable bonds is 7. The van der Waals surface area contributed by atoms with Crippen LogP contribution >= 0.6 is 0 Å². The van der Waals surface area contributed by atoms with Crippen molar-refractivity contribution in [3.05, 3.63) is 66.2 Å². The van der Waals surface area contributed by atoms with Crippen molar-refractivity contribution in [2.45, 2.75) is 5.92 Å². The maximum atomic E-state index is 12.4. The van der Waals surface area contributed by atoms with Gasteiger partial charge < -0.3 is 20.1 Å². The number of ether oxygens (including phenoxy) is 1. The van der Waals surface area contributed by atoms with Gasteiger partial charge in [0.15, 0.2) is 6.61 Å². The van der Waals surface area contributed by atoms with Crippen LogP contribution in [0.1, 0.15) is 11.5 Å². The molecule has 0 aliphatic carbocycles. The van der Waals surface area contributed by atoms with Crippen LogP contribution < -0.4 is 10.1 Å². The van der Waals surface area contributed by atoms with Gasteiger partial charge in [-0.2, -0.15) is 0 Å². The number of nitrogens with zero attached hydrogens (tertiary/aromatic N) is 1. The molecular formula is C21H22N2O5. The van der Waals surface area contributed by atoms with E-state index in [1.165, 1.54) is 4.90 Å². The molecule has 0 spiro atoms. The van der Waals surface area contributed by atoms with Gasteiger partial charge in [-0.15, -0.1) is 0 Å². The molecule has 2 aromatic rings. The molecule has 0 unspecified atom stereocenters. The van der Waals surface area contributed by atoms with Gasteiger partial charge in [0.05, 0.1) is 12.5 Å². The van der Waals surface area contributed by atoms with Gasteiger partial charge in [0, 0.05) is 19.0 Å². The average molecular weight is 382 g/mol. The molecule has 1 heterocycles. The minimum Gasteiger partial charge on any atom is -0.484 e. The fourth-order valence-corrected chi connectivity index (χ4v) is 3.30. The second-order valence-electron chi connectivity index (χ2n) is 6.64. The third-order valence-electron chi connectivity index (χ3n) is 4.77. The predicted molar refractivity (Wildman–Crippen MR) is 102 cm³/mol. The Morgan fingerprint density at radius 3 is 2.29 bits per heavy atom. The lowest BCUT2D eigenvalue weighted by atomic mass is 9.89. The molecule has 1 aliphatic heterocycles. The summed E-state index contributed by atoms with van der Waals surface area (Å²) in [5.41, 5.74) is 0.894. The molecule has 0 radical (unpaired) electrons. The lowest BCUT2D eigenvalue weighted by Crippen LogP contribution is -2.40. The van der Waals surface area contributed by atoms with Crippen LogP contribution in [0.15, 0.2) is 60.7 Å². The number of amides is 2. The molecule has 3 rings (SSSR count). The van der Waals surface area contributed by atoms with Gasteiger partial charge in [-0.05, 0) is 17.7 Å². The number of carboxylic acid groups (broad SMARTS) is 1. The first kappa shape index (κ1) is 19.4. The Balaban J connectivity index is 1.51. The summed E-state index contributed by atoms with van der Waals surface area (Å²) in [7, 11) is 0. The minimum atomic E-state index is -0.926. The number of likely N-dealkylation sites (tertiary alicyclic amines) is 1. The molecule has 0 saturated carbocycles. The van der Waals surface area contributed by atoms with Crippen molar-refractivity contribution in [1.29, 1.82) is 0 Å². The molecule has 0 bridgehead atoms. The third-order valence-corrected chi connectivity index (χ3v) is 4.77. The molecular weight excluding hydrogens is 360 g/mol. The molecule has 7 nitrogen and oxygen atoms in total. The number of carboxylic acids is 1. The minimum absolute atomic E-state index is 0.129. The van der Waals surface area contributed by atoms with Gasteiger partial charge in [0.25, 0.3) is 5.91 Å². The van der Waals surface area contributed by atoms with Crippen molar-refractivity contribution in [2.24, 2.45) is 5.92 Å². The fraction of sp³-hybridized carbons (Fsp3) is 0.286. The topological polar surface area (TPSA) is 95.9 Å². The molecule has 2 aromatic carbocycles. The Morgan fingerprint density at radius 2 is 1.64 bits per heavy atom. The number of carbonyl (C=O) groups excluding carboxylic acids is 2. The standard InChI is InChI=1S/C21H22N2O5/c24-19(14-28-16-9-5-2-6-10-16)22-11-20(25)23-12-17(18(13-23)21(26)27)15-7-3-1-4-8-15/h1-10,17-18H,11-14H2,(H,22,24)(H,26,27)/t17-,18-/m1/s1. The number of nitrogens with one attached hydrogen (secondary N) is 1. The van der Waals surface area contributed by atoms with Crippen LogP contribution in [0.2, 0.25) is 0 Å². The van der Waals surface area contributed by atoms with Crippen molar-refractivity contribution < 1.29 is 24.2 Å². The van der Waals surface area contributed by atoms with E-state index in [9.17, 15) is 19.5 Å². The Kier molecular flexibility index (Phi) is 6.26. The average Bonchev–Trinajstić information content (AvgIpc) is 3.18. The number of para-hydroxylation sites is 1. The summed E-state index contributed by atoms with van der Waals surface area (Å²) >= 11 is 0. The third kappa shape index (κ3) is 4.88. The van der Waals surface area contributed by atoms with Crippen molar-refractivity contribution in [3.63, 3.8) is 0 Å². The second-order valence-corrected chi connectivity index (χ2v) is 6.64. The summed E-state index contributed by atoms with van der Waals surface area (Å²) in [5, 5.41) is 12.0. The number of benzene rings is 2. The summed E-state index contributed by atoms with van der Waals surface area (Å²) in [5.74, 6) is -2.00. The first-order valence-corrected chi connectivity index (χ1v) is 9.04. The number of hydrogen-bond donors (Lipinski definition) is 2. The Labute approximate surface area is 162 Å². The van der Waals surface area contributed by atoms with Crippen LogP contribution in [0.25, 0.3) is 0 Å². The van der Waals surface area contributed by atoms with Gasteiger partial charge in [0.2, 0.25) is 5.91 Å². The van der Waals surface area contributed by atoms with E-state index in [-0.39, 0.29) is 31.5 Å². The van der Waals surface area contributed by atoms with Crippen LogP contribution in [0.5, 0.6) is 5.75 Å². The van der Waals surface area contributed by atoms with E-state index in [4.69, 9.17) is 4.74 Å². The van der Waals surface area contributed by atoms with Crippen LogP contribution in [0, 0.1) is 5.92 Å². The zero-order valence-electron chi connectivity index (χ0n) is 15.3. The van der Waals surface area contributed by atoms with Crippen LogP contribution in [-0.2, 0) is 14.4 Å². The van der Waals surface area contributed by atoms with Crippen LogP contribution in [0.4, 0.5) is 0 Å². The van der Waals surface area contributed by atoms with Gasteiger partial charge in [-0.3, -0.25) is 14.4 Å². The van der Waals surface area contributed by atoms with Crippen molar-refractivity contribution in [1.82, 2.24) is 10.2 Å². The zero-order chi connectivity index (χ0) is 19.9. The maximum Gasteiger partial charge on any atom is 0.308 e. The normalized spacial score (nSPS) is 18.5. The van der Waals surface area contributed by atoms with E-state index in [1.807, 2.05) is 36.4 Å². The molecule has 1 fully saturated rings. The smallest absolute Gasteiger partial charge is 0.308 e. The fourth-order valence-electron chi connectivity index (χ4n) is 3.30. The molecule has 2 amide bonds. The lowest BCUT2D eigenvalue weighted by Gasteiger charge is -2.17. The van der Waals surface area contributed by atoms with Gasteiger partial charge in [-0.25, -0.2) is 0 Å². The highest BCUT2D eigenvalue weighted by molar-refractivity contribution is 5.86. The summed E-state index contributed by atoms with van der Waals surface area (Å²) < 4.78 is 5.33. The Hall–Kier alpha value is -3.35. The van der Waals surface area contributed by atoms with E-state index in [0.29, 0.717) is 12.3 Å². The largest absolute Gasteiger partial charge is 0.484 e. The van der Waals surface area contributed by atoms with Crippen LogP contribution in [0.3, 0.4) is 0 Å². The van der Waals surface area contributed by atoms with Gasteiger partial charge in [-0.1, -0.05) is 48.5 Å². The second kappa shape index (κ2) is 9.03. The molecule has 1 saturated heterocycles. The molecule has 7 heteroatoms. The first-order chi connectivity index (χ1) is 13.5. The molecule has 1 aliphatic rings. The predicted octanol–water partition coefficient (Wildman–Crippen LogP) is 1.51. The van der Waals surface area contributed by atoms with Gasteiger partial charge >= 0.3 is 5.97 Å². The summed E-state index contributed by atoms with van der Waals surface area (Å²) in [6.45, 7) is 0.0623. The quantitative estimate of drug-likeness (QED) is 0.757. The SMILES string of the molecule is O=C(COc1ccccc1)NCC(=O)N1C[C@H](c2ccccc2)[C@H](C(=O)O)C1. The first-order valence-electron chi connectivity index (χ1n) is 9.04. The molecule has 0 aromatic heterocycles. The zero-order valence-corrected chi connectivity index (χ0v) is 15.3. The lowest BCUT2D eigenvalue weighted by molar-refractivity contribution is -0.142. The number of aliphatic carboxylic acids is 1. The molecule has 146 valence electrons. The monoisotopic (exact) mass is 382 g/mol. The highest BCUT2D eigenvalue weighted by Gasteiger charge is 2.40. The van der Waals surface area contributed by atoms with Crippen molar-refractivity contribution >= 4 is 17.8 Å². The van der Waals surface area contributed by atoms with E-state index < -0.39 is 17.8 Å². The maximum absolute atomic E-state index is 12.4. The van der Waals surface area contributed by atoms with Crippen LogP contribution in [-0.4, -0.2) is 54.0 Å². The van der Waals surface area contributed by atoms with E-state index in [0.717, 1.165) is 5.56 Å². The Bertz CT molecular complexity index is 825. The highest BCUT2D eigenvalue weighted by atomic mass is 16.5.